The minimum Gasteiger partial charge on any atom is -0.486 e. The second-order valence-corrected chi connectivity index (χ2v) is 7.43. The van der Waals surface area contributed by atoms with E-state index in [1.54, 1.807) is 12.1 Å². The van der Waals surface area contributed by atoms with E-state index in [9.17, 15) is 13.2 Å². The first-order valence-electron chi connectivity index (χ1n) is 7.28. The van der Waals surface area contributed by atoms with Crippen LogP contribution in [0.2, 0.25) is 5.02 Å². The van der Waals surface area contributed by atoms with E-state index in [1.807, 2.05) is 0 Å². The molecule has 7 nitrogen and oxygen atoms in total. The predicted molar refractivity (Wildman–Crippen MR) is 91.1 cm³/mol. The third-order valence-electron chi connectivity index (χ3n) is 3.50. The molecule has 0 amide bonds. The van der Waals surface area contributed by atoms with Crippen molar-refractivity contribution in [2.45, 2.75) is 4.90 Å². The highest BCUT2D eigenvalue weighted by molar-refractivity contribution is 7.92. The lowest BCUT2D eigenvalue weighted by atomic mass is 10.3. The molecule has 3 rings (SSSR count). The zero-order chi connectivity index (χ0) is 18.0. The molecule has 132 valence electrons. The molecule has 0 saturated carbocycles. The van der Waals surface area contributed by atoms with E-state index in [0.29, 0.717) is 24.7 Å². The van der Waals surface area contributed by atoms with Crippen LogP contribution < -0.4 is 13.8 Å². The van der Waals surface area contributed by atoms with Gasteiger partial charge in [0.15, 0.2) is 11.5 Å². The van der Waals surface area contributed by atoms with E-state index >= 15 is 0 Å². The number of ether oxygens (including phenoxy) is 2. The molecule has 0 atom stereocenters. The zero-order valence-electron chi connectivity index (χ0n) is 12.9. The Balaban J connectivity index is 2.08. The molecule has 25 heavy (non-hydrogen) atoms. The zero-order valence-corrected chi connectivity index (χ0v) is 14.5. The maximum Gasteiger partial charge on any atom is 0.324 e. The minimum absolute atomic E-state index is 0.0847. The summed E-state index contributed by atoms with van der Waals surface area (Å²) in [5.41, 5.74) is 0.0847. The smallest absolute Gasteiger partial charge is 0.324 e. The Morgan fingerprint density at radius 3 is 2.48 bits per heavy atom. The first kappa shape index (κ1) is 17.4. The molecule has 0 unspecified atom stereocenters. The second kappa shape index (κ2) is 6.81. The summed E-state index contributed by atoms with van der Waals surface area (Å²) in [5, 5.41) is 9.27. The van der Waals surface area contributed by atoms with E-state index in [0.717, 1.165) is 4.31 Å². The lowest BCUT2D eigenvalue weighted by Crippen LogP contribution is -2.36. The van der Waals surface area contributed by atoms with Crippen molar-refractivity contribution in [2.75, 3.05) is 24.1 Å². The minimum atomic E-state index is -4.17. The fourth-order valence-corrected chi connectivity index (χ4v) is 4.12. The molecule has 0 aliphatic carbocycles. The van der Waals surface area contributed by atoms with Crippen LogP contribution in [0.25, 0.3) is 0 Å². The number of benzene rings is 2. The van der Waals surface area contributed by atoms with Gasteiger partial charge in [0.05, 0.1) is 15.6 Å². The Kier molecular flexibility index (Phi) is 4.73. The molecule has 1 aliphatic rings. The summed E-state index contributed by atoms with van der Waals surface area (Å²) in [4.78, 5) is 11.1. The van der Waals surface area contributed by atoms with Crippen LogP contribution in [0.5, 0.6) is 11.5 Å². The molecule has 9 heteroatoms. The van der Waals surface area contributed by atoms with Crippen LogP contribution in [0.3, 0.4) is 0 Å². The molecule has 0 saturated heterocycles. The van der Waals surface area contributed by atoms with E-state index in [4.69, 9.17) is 26.2 Å². The largest absolute Gasteiger partial charge is 0.486 e. The van der Waals surface area contributed by atoms with Crippen LogP contribution in [0, 0.1) is 0 Å². The van der Waals surface area contributed by atoms with Crippen LogP contribution in [0.4, 0.5) is 5.69 Å². The van der Waals surface area contributed by atoms with Gasteiger partial charge in [0, 0.05) is 6.07 Å². The third kappa shape index (κ3) is 3.49. The van der Waals surface area contributed by atoms with Gasteiger partial charge in [-0.25, -0.2) is 8.42 Å². The molecule has 0 bridgehead atoms. The molecule has 0 aromatic heterocycles. The number of carboxylic acids is 1. The Labute approximate surface area is 149 Å². The van der Waals surface area contributed by atoms with E-state index < -0.39 is 22.5 Å². The number of para-hydroxylation sites is 1. The number of hydrogen-bond donors (Lipinski definition) is 1. The lowest BCUT2D eigenvalue weighted by molar-refractivity contribution is -0.135. The van der Waals surface area contributed by atoms with Gasteiger partial charge in [-0.1, -0.05) is 23.7 Å². The number of halogens is 1. The van der Waals surface area contributed by atoms with Crippen molar-refractivity contribution in [2.24, 2.45) is 0 Å². The fraction of sp³-hybridized carbons (Fsp3) is 0.188. The van der Waals surface area contributed by atoms with Gasteiger partial charge in [0.2, 0.25) is 0 Å². The van der Waals surface area contributed by atoms with Crippen LogP contribution >= 0.6 is 11.6 Å². The Morgan fingerprint density at radius 2 is 1.80 bits per heavy atom. The first-order valence-corrected chi connectivity index (χ1v) is 9.10. The highest BCUT2D eigenvalue weighted by Gasteiger charge is 2.30. The summed E-state index contributed by atoms with van der Waals surface area (Å²) < 4.78 is 37.6. The number of rotatable bonds is 5. The molecule has 1 heterocycles. The molecule has 1 N–H and O–H groups in total. The van der Waals surface area contributed by atoms with Gasteiger partial charge in [-0.2, -0.15) is 0 Å². The highest BCUT2D eigenvalue weighted by Crippen LogP contribution is 2.35. The van der Waals surface area contributed by atoms with Crippen molar-refractivity contribution in [1.82, 2.24) is 0 Å². The standard InChI is InChI=1S/C16H14ClNO6S/c17-12-3-1-2-4-13(12)18(10-16(19)20)25(21,22)11-5-6-14-15(9-11)24-8-7-23-14/h1-6,9H,7-8,10H2,(H,19,20). The van der Waals surface area contributed by atoms with Crippen LogP contribution in [-0.2, 0) is 14.8 Å². The second-order valence-electron chi connectivity index (χ2n) is 5.16. The predicted octanol–water partition coefficient (Wildman–Crippen LogP) is 2.39. The van der Waals surface area contributed by atoms with Gasteiger partial charge in [0.1, 0.15) is 19.8 Å². The number of carboxylic acid groups (broad SMARTS) is 1. The first-order chi connectivity index (χ1) is 11.9. The summed E-state index contributed by atoms with van der Waals surface area (Å²) in [6.45, 7) is -0.0791. The maximum absolute atomic E-state index is 13.0. The van der Waals surface area contributed by atoms with Crippen LogP contribution in [-0.4, -0.2) is 39.3 Å². The number of nitrogens with zero attached hydrogens (tertiary/aromatic N) is 1. The lowest BCUT2D eigenvalue weighted by Gasteiger charge is -2.25. The summed E-state index contributed by atoms with van der Waals surface area (Å²) in [6.07, 6.45) is 0. The van der Waals surface area contributed by atoms with Gasteiger partial charge >= 0.3 is 5.97 Å². The average Bonchev–Trinajstić information content (AvgIpc) is 2.59. The van der Waals surface area contributed by atoms with E-state index in [-0.39, 0.29) is 15.6 Å². The molecular weight excluding hydrogens is 370 g/mol. The Hall–Kier alpha value is -2.45. The van der Waals surface area contributed by atoms with Gasteiger partial charge in [-0.3, -0.25) is 9.10 Å². The SMILES string of the molecule is O=C(O)CN(c1ccccc1Cl)S(=O)(=O)c1ccc2c(c1)OCCO2. The van der Waals surface area contributed by atoms with E-state index in [2.05, 4.69) is 0 Å². The summed E-state index contributed by atoms with van der Waals surface area (Å²) >= 11 is 6.07. The molecule has 1 aliphatic heterocycles. The molecule has 0 spiro atoms. The van der Waals surface area contributed by atoms with Gasteiger partial charge in [-0.05, 0) is 24.3 Å². The van der Waals surface area contributed by atoms with Gasteiger partial charge in [-0.15, -0.1) is 0 Å². The van der Waals surface area contributed by atoms with Gasteiger partial charge in [0.25, 0.3) is 10.0 Å². The summed E-state index contributed by atoms with van der Waals surface area (Å²) in [6, 6.07) is 10.3. The van der Waals surface area contributed by atoms with Crippen LogP contribution in [0.15, 0.2) is 47.4 Å². The number of aliphatic carboxylic acids is 1. The Morgan fingerprint density at radius 1 is 1.12 bits per heavy atom. The number of hydrogen-bond acceptors (Lipinski definition) is 5. The third-order valence-corrected chi connectivity index (χ3v) is 5.58. The van der Waals surface area contributed by atoms with Crippen LogP contribution in [0.1, 0.15) is 0 Å². The topological polar surface area (TPSA) is 93.1 Å². The van der Waals surface area contributed by atoms with E-state index in [1.165, 1.54) is 30.3 Å². The summed E-state index contributed by atoms with van der Waals surface area (Å²) in [5.74, 6) is -0.574. The monoisotopic (exact) mass is 383 g/mol. The molecule has 0 radical (unpaired) electrons. The molecule has 0 fully saturated rings. The highest BCUT2D eigenvalue weighted by atomic mass is 35.5. The van der Waals surface area contributed by atoms with Gasteiger partial charge < -0.3 is 14.6 Å². The number of anilines is 1. The summed E-state index contributed by atoms with van der Waals surface area (Å²) in [7, 11) is -4.17. The molecule has 2 aromatic carbocycles. The van der Waals surface area contributed by atoms with Crippen molar-refractivity contribution in [1.29, 1.82) is 0 Å². The number of fused-ring (bicyclic) bond motifs is 1. The van der Waals surface area contributed by atoms with Crippen molar-refractivity contribution in [3.8, 4) is 11.5 Å². The molecular formula is C16H14ClNO6S. The van der Waals surface area contributed by atoms with Crippen molar-refractivity contribution < 1.29 is 27.8 Å². The number of carbonyl (C=O) groups is 1. The number of sulfonamides is 1. The quantitative estimate of drug-likeness (QED) is 0.852. The van der Waals surface area contributed by atoms with Crippen molar-refractivity contribution in [3.63, 3.8) is 0 Å². The Bertz CT molecular complexity index is 915. The normalized spacial score (nSPS) is 13.3. The fourth-order valence-electron chi connectivity index (χ4n) is 2.39. The molecule has 2 aromatic rings. The average molecular weight is 384 g/mol. The van der Waals surface area contributed by atoms with Crippen molar-refractivity contribution in [3.05, 3.63) is 47.5 Å². The van der Waals surface area contributed by atoms with Crippen molar-refractivity contribution >= 4 is 33.3 Å². The maximum atomic E-state index is 13.0.